The van der Waals surface area contributed by atoms with Crippen molar-refractivity contribution in [3.8, 4) is 0 Å². The minimum absolute atomic E-state index is 0.00583. The molecule has 0 bridgehead atoms. The summed E-state index contributed by atoms with van der Waals surface area (Å²) in [7, 11) is -5.70. The average Bonchev–Trinajstić information content (AvgIpc) is 2.63. The molecule has 1 fully saturated rings. The Labute approximate surface area is 190 Å². The fraction of sp³-hybridized carbons (Fsp3) is 0.737. The molecule has 0 aromatic carbocycles. The lowest BCUT2D eigenvalue weighted by Crippen LogP contribution is -2.42. The SMILES string of the molecule is CC1CN(C(=O)O)CCC1=O.CC1CN(C(=O)OC(C)(C)C)CC=C1OS(=O)(=O)C(F)(F)F. The van der Waals surface area contributed by atoms with Crippen molar-refractivity contribution in [2.75, 3.05) is 26.2 Å². The number of hydrogen-bond acceptors (Lipinski definition) is 7. The Kier molecular flexibility index (Phi) is 9.17. The van der Waals surface area contributed by atoms with Crippen molar-refractivity contribution in [2.24, 2.45) is 11.8 Å². The predicted molar refractivity (Wildman–Crippen MR) is 109 cm³/mol. The summed E-state index contributed by atoms with van der Waals surface area (Å²) in [5.41, 5.74) is -6.20. The van der Waals surface area contributed by atoms with Crippen molar-refractivity contribution in [3.63, 3.8) is 0 Å². The van der Waals surface area contributed by atoms with Crippen LogP contribution in [0.5, 0.6) is 0 Å². The van der Waals surface area contributed by atoms with Crippen molar-refractivity contribution in [2.45, 2.75) is 52.1 Å². The first-order valence-corrected chi connectivity index (χ1v) is 11.4. The molecule has 1 saturated heterocycles. The fourth-order valence-electron chi connectivity index (χ4n) is 2.85. The molecular formula is C19H29F3N2O8S. The number of nitrogens with zero attached hydrogens (tertiary/aromatic N) is 2. The van der Waals surface area contributed by atoms with Gasteiger partial charge < -0.3 is 23.8 Å². The first-order valence-electron chi connectivity index (χ1n) is 10.0. The van der Waals surface area contributed by atoms with E-state index in [1.165, 1.54) is 16.7 Å². The van der Waals surface area contributed by atoms with Crippen LogP contribution in [0.4, 0.5) is 22.8 Å². The second-order valence-corrected chi connectivity index (χ2v) is 10.3. The minimum atomic E-state index is -5.70. The van der Waals surface area contributed by atoms with Gasteiger partial charge in [-0.15, -0.1) is 0 Å². The first kappa shape index (κ1) is 28.5. The smallest absolute Gasteiger partial charge is 0.465 e. The van der Waals surface area contributed by atoms with Gasteiger partial charge in [0.1, 0.15) is 17.1 Å². The number of rotatable bonds is 2. The Morgan fingerprint density at radius 2 is 1.64 bits per heavy atom. The van der Waals surface area contributed by atoms with Crippen LogP contribution in [0, 0.1) is 11.8 Å². The van der Waals surface area contributed by atoms with Gasteiger partial charge in [0.25, 0.3) is 0 Å². The second kappa shape index (κ2) is 10.6. The molecule has 33 heavy (non-hydrogen) atoms. The number of carbonyl (C=O) groups excluding carboxylic acids is 2. The van der Waals surface area contributed by atoms with E-state index < -0.39 is 39.3 Å². The summed E-state index contributed by atoms with van der Waals surface area (Å²) in [6, 6.07) is 0. The summed E-state index contributed by atoms with van der Waals surface area (Å²) in [5, 5.41) is 8.56. The second-order valence-electron chi connectivity index (χ2n) is 8.72. The third kappa shape index (κ3) is 8.74. The quantitative estimate of drug-likeness (QED) is 0.450. The maximum absolute atomic E-state index is 12.3. The minimum Gasteiger partial charge on any atom is -0.465 e. The van der Waals surface area contributed by atoms with Crippen LogP contribution in [0.15, 0.2) is 11.8 Å². The fourth-order valence-corrected chi connectivity index (χ4v) is 3.43. The summed E-state index contributed by atoms with van der Waals surface area (Å²) in [6.45, 7) is 8.87. The molecule has 2 unspecified atom stereocenters. The van der Waals surface area contributed by atoms with Crippen LogP contribution in [0.1, 0.15) is 41.0 Å². The average molecular weight is 503 g/mol. The number of ether oxygens (including phenoxy) is 1. The molecule has 2 amide bonds. The third-order valence-electron chi connectivity index (χ3n) is 4.58. The number of likely N-dealkylation sites (tertiary alicyclic amines) is 1. The third-order valence-corrected chi connectivity index (χ3v) is 5.56. The summed E-state index contributed by atoms with van der Waals surface area (Å²) in [6.07, 6.45) is -0.0628. The van der Waals surface area contributed by atoms with Gasteiger partial charge in [-0.2, -0.15) is 21.6 Å². The Morgan fingerprint density at radius 1 is 1.09 bits per heavy atom. The van der Waals surface area contributed by atoms with Gasteiger partial charge in [0.15, 0.2) is 0 Å². The summed E-state index contributed by atoms with van der Waals surface area (Å²) in [4.78, 5) is 35.7. The van der Waals surface area contributed by atoms with Gasteiger partial charge in [0.2, 0.25) is 0 Å². The number of ketones is 1. The van der Waals surface area contributed by atoms with Gasteiger partial charge in [0.05, 0.1) is 0 Å². The van der Waals surface area contributed by atoms with Gasteiger partial charge >= 0.3 is 27.8 Å². The molecule has 190 valence electrons. The molecule has 2 heterocycles. The Hall–Kier alpha value is -2.51. The molecule has 0 aromatic heterocycles. The molecule has 0 spiro atoms. The van der Waals surface area contributed by atoms with Crippen LogP contribution in [0.25, 0.3) is 0 Å². The van der Waals surface area contributed by atoms with Gasteiger partial charge in [-0.1, -0.05) is 13.8 Å². The largest absolute Gasteiger partial charge is 0.534 e. The lowest BCUT2D eigenvalue weighted by atomic mass is 9.99. The molecule has 2 aliphatic rings. The number of amides is 2. The lowest BCUT2D eigenvalue weighted by molar-refractivity contribution is -0.125. The van der Waals surface area contributed by atoms with Crippen LogP contribution in [0.2, 0.25) is 0 Å². The van der Waals surface area contributed by atoms with Gasteiger partial charge in [-0.3, -0.25) is 4.79 Å². The summed E-state index contributed by atoms with van der Waals surface area (Å²) < 4.78 is 68.0. The number of piperidine rings is 1. The molecule has 10 nitrogen and oxygen atoms in total. The Bertz CT molecular complexity index is 880. The molecule has 1 N–H and O–H groups in total. The zero-order valence-electron chi connectivity index (χ0n) is 19.0. The normalized spacial score (nSPS) is 22.1. The van der Waals surface area contributed by atoms with Crippen molar-refractivity contribution in [3.05, 3.63) is 11.8 Å². The van der Waals surface area contributed by atoms with E-state index in [1.54, 1.807) is 27.7 Å². The number of Topliss-reactive ketones (excluding diaryl/α,β-unsaturated/α-hetero) is 1. The molecule has 2 rings (SSSR count). The number of halogens is 3. The molecule has 0 saturated carbocycles. The van der Waals surface area contributed by atoms with Gasteiger partial charge in [0, 0.05) is 44.4 Å². The van der Waals surface area contributed by atoms with E-state index in [-0.39, 0.29) is 30.5 Å². The van der Waals surface area contributed by atoms with E-state index in [0.29, 0.717) is 19.5 Å². The van der Waals surface area contributed by atoms with Crippen molar-refractivity contribution >= 4 is 28.1 Å². The molecular weight excluding hydrogens is 473 g/mol. The molecule has 0 aliphatic carbocycles. The Morgan fingerprint density at radius 3 is 2.06 bits per heavy atom. The highest BCUT2D eigenvalue weighted by Gasteiger charge is 2.49. The lowest BCUT2D eigenvalue weighted by Gasteiger charge is -2.32. The number of carbonyl (C=O) groups is 3. The first-order chi connectivity index (χ1) is 14.8. The van der Waals surface area contributed by atoms with E-state index in [0.717, 1.165) is 6.08 Å². The van der Waals surface area contributed by atoms with Crippen molar-refractivity contribution < 1.29 is 50.0 Å². The summed E-state index contributed by atoms with van der Waals surface area (Å²) >= 11 is 0. The van der Waals surface area contributed by atoms with E-state index in [2.05, 4.69) is 4.18 Å². The van der Waals surface area contributed by atoms with Crippen molar-refractivity contribution in [1.82, 2.24) is 9.80 Å². The number of alkyl halides is 3. The topological polar surface area (TPSA) is 131 Å². The van der Waals surface area contributed by atoms with Crippen LogP contribution in [-0.4, -0.2) is 78.6 Å². The zero-order valence-corrected chi connectivity index (χ0v) is 19.8. The van der Waals surface area contributed by atoms with Crippen LogP contribution in [0.3, 0.4) is 0 Å². The highest BCUT2D eigenvalue weighted by atomic mass is 32.2. The maximum atomic E-state index is 12.3. The highest BCUT2D eigenvalue weighted by Crippen LogP contribution is 2.30. The highest BCUT2D eigenvalue weighted by molar-refractivity contribution is 7.87. The maximum Gasteiger partial charge on any atom is 0.534 e. The number of carboxylic acid groups (broad SMARTS) is 1. The van der Waals surface area contributed by atoms with Crippen LogP contribution < -0.4 is 0 Å². The monoisotopic (exact) mass is 502 g/mol. The van der Waals surface area contributed by atoms with E-state index in [9.17, 15) is 36.0 Å². The summed E-state index contributed by atoms with van der Waals surface area (Å²) in [5.74, 6) is -1.00. The van der Waals surface area contributed by atoms with Crippen LogP contribution >= 0.6 is 0 Å². The molecule has 14 heteroatoms. The number of hydrogen-bond donors (Lipinski definition) is 1. The van der Waals surface area contributed by atoms with Gasteiger partial charge in [-0.25, -0.2) is 9.59 Å². The van der Waals surface area contributed by atoms with E-state index >= 15 is 0 Å². The van der Waals surface area contributed by atoms with Crippen LogP contribution in [-0.2, 0) is 23.8 Å². The zero-order chi connectivity index (χ0) is 25.8. The molecule has 0 aromatic rings. The molecule has 2 atom stereocenters. The Balaban J connectivity index is 0.000000412. The van der Waals surface area contributed by atoms with E-state index in [1.807, 2.05) is 0 Å². The standard InChI is InChI=1S/C12H18F3NO5S.C7H11NO3/c1-8-7-16(10(17)20-11(2,3)4)6-5-9(8)21-22(18,19)12(13,14)15;1-5-4-8(7(10)11)3-2-6(5)9/h5,8H,6-7H2,1-4H3;5H,2-4H2,1H3,(H,10,11). The van der Waals surface area contributed by atoms with Gasteiger partial charge in [-0.05, 0) is 26.8 Å². The van der Waals surface area contributed by atoms with Crippen molar-refractivity contribution in [1.29, 1.82) is 0 Å². The molecule has 0 radical (unpaired) electrons. The molecule has 2 aliphatic heterocycles. The van der Waals surface area contributed by atoms with E-state index in [4.69, 9.17) is 9.84 Å². The predicted octanol–water partition coefficient (Wildman–Crippen LogP) is 3.20.